The summed E-state index contributed by atoms with van der Waals surface area (Å²) in [6.07, 6.45) is 1.72. The van der Waals surface area contributed by atoms with Crippen LogP contribution >= 0.6 is 0 Å². The van der Waals surface area contributed by atoms with Crippen molar-refractivity contribution in [1.82, 2.24) is 4.90 Å². The van der Waals surface area contributed by atoms with Crippen molar-refractivity contribution in [3.63, 3.8) is 0 Å². The molecule has 14 heavy (non-hydrogen) atoms. The first kappa shape index (κ1) is 8.81. The topological polar surface area (TPSA) is 46.3 Å². The van der Waals surface area contributed by atoms with E-state index >= 15 is 0 Å². The van der Waals surface area contributed by atoms with Gasteiger partial charge in [-0.2, -0.15) is 0 Å². The maximum absolute atomic E-state index is 11.8. The van der Waals surface area contributed by atoms with Gasteiger partial charge in [-0.25, -0.2) is 0 Å². The molecular formula is C11H12N2O. The maximum Gasteiger partial charge on any atom is 0.254 e. The van der Waals surface area contributed by atoms with E-state index in [0.717, 1.165) is 11.1 Å². The van der Waals surface area contributed by atoms with Crippen LogP contribution in [0.15, 0.2) is 30.9 Å². The number of benzene rings is 1. The number of nitrogens with zero attached hydrogens (tertiary/aromatic N) is 1. The largest absolute Gasteiger partial charge is 0.398 e. The zero-order valence-corrected chi connectivity index (χ0v) is 7.86. The molecule has 0 spiro atoms. The van der Waals surface area contributed by atoms with Crippen LogP contribution in [-0.4, -0.2) is 17.4 Å². The second-order valence-electron chi connectivity index (χ2n) is 3.35. The molecule has 0 fully saturated rings. The number of fused-ring (bicyclic) bond motifs is 1. The highest BCUT2D eigenvalue weighted by Crippen LogP contribution is 2.26. The molecule has 0 unspecified atom stereocenters. The lowest BCUT2D eigenvalue weighted by molar-refractivity contribution is 0.0796. The van der Waals surface area contributed by atoms with Gasteiger partial charge in [0.15, 0.2) is 0 Å². The molecule has 1 heterocycles. The fourth-order valence-electron chi connectivity index (χ4n) is 1.72. The minimum absolute atomic E-state index is 0.0483. The fourth-order valence-corrected chi connectivity index (χ4v) is 1.72. The number of carbonyl (C=O) groups excluding carboxylic acids is 1. The van der Waals surface area contributed by atoms with Crippen LogP contribution in [0, 0.1) is 0 Å². The lowest BCUT2D eigenvalue weighted by Crippen LogP contribution is -2.23. The highest BCUT2D eigenvalue weighted by atomic mass is 16.2. The zero-order chi connectivity index (χ0) is 10.1. The molecule has 1 aromatic rings. The Morgan fingerprint density at radius 3 is 3.00 bits per heavy atom. The fraction of sp³-hybridized carbons (Fsp3) is 0.182. The van der Waals surface area contributed by atoms with Gasteiger partial charge in [0.05, 0.1) is 0 Å². The van der Waals surface area contributed by atoms with Gasteiger partial charge in [0.1, 0.15) is 0 Å². The summed E-state index contributed by atoms with van der Waals surface area (Å²) in [4.78, 5) is 13.5. The Morgan fingerprint density at radius 1 is 1.57 bits per heavy atom. The Hall–Kier alpha value is -1.77. The Kier molecular flexibility index (Phi) is 2.00. The second kappa shape index (κ2) is 3.18. The minimum atomic E-state index is 0.0483. The van der Waals surface area contributed by atoms with Gasteiger partial charge in [0.25, 0.3) is 5.91 Å². The van der Waals surface area contributed by atoms with E-state index in [2.05, 4.69) is 6.58 Å². The van der Waals surface area contributed by atoms with Crippen molar-refractivity contribution in [2.24, 2.45) is 0 Å². The van der Waals surface area contributed by atoms with Crippen LogP contribution in [0.5, 0.6) is 0 Å². The van der Waals surface area contributed by atoms with Gasteiger partial charge in [-0.15, -0.1) is 6.58 Å². The standard InChI is InChI=1S/C11H12N2O/c1-2-6-13-7-9-8(11(13)14)4-3-5-10(9)12/h2-5H,1,6-7,12H2. The molecule has 1 aliphatic rings. The van der Waals surface area contributed by atoms with E-state index in [1.165, 1.54) is 0 Å². The summed E-state index contributed by atoms with van der Waals surface area (Å²) in [5.74, 6) is 0.0483. The van der Waals surface area contributed by atoms with Crippen LogP contribution in [0.4, 0.5) is 5.69 Å². The molecule has 1 aromatic carbocycles. The third kappa shape index (κ3) is 1.18. The first-order valence-corrected chi connectivity index (χ1v) is 4.51. The van der Waals surface area contributed by atoms with Gasteiger partial charge in [0.2, 0.25) is 0 Å². The monoisotopic (exact) mass is 188 g/mol. The van der Waals surface area contributed by atoms with Crippen LogP contribution in [0.2, 0.25) is 0 Å². The van der Waals surface area contributed by atoms with E-state index in [0.29, 0.717) is 18.8 Å². The van der Waals surface area contributed by atoms with Gasteiger partial charge >= 0.3 is 0 Å². The first-order valence-electron chi connectivity index (χ1n) is 4.51. The molecule has 0 radical (unpaired) electrons. The number of nitrogens with two attached hydrogens (primary N) is 1. The quantitative estimate of drug-likeness (QED) is 0.563. The van der Waals surface area contributed by atoms with Crippen LogP contribution in [0.3, 0.4) is 0 Å². The summed E-state index contributed by atoms with van der Waals surface area (Å²) >= 11 is 0. The molecule has 0 atom stereocenters. The van der Waals surface area contributed by atoms with Gasteiger partial charge in [-0.1, -0.05) is 12.1 Å². The molecule has 2 N–H and O–H groups in total. The molecule has 1 amide bonds. The van der Waals surface area contributed by atoms with Crippen molar-refractivity contribution in [3.8, 4) is 0 Å². The molecule has 3 heteroatoms. The number of amides is 1. The van der Waals surface area contributed by atoms with Gasteiger partial charge in [-0.3, -0.25) is 4.79 Å². The Balaban J connectivity index is 2.40. The molecule has 0 saturated heterocycles. The van der Waals surface area contributed by atoms with E-state index in [1.54, 1.807) is 11.0 Å². The SMILES string of the molecule is C=CCN1Cc2c(N)cccc2C1=O. The summed E-state index contributed by atoms with van der Waals surface area (Å²) in [5, 5.41) is 0. The second-order valence-corrected chi connectivity index (χ2v) is 3.35. The third-order valence-electron chi connectivity index (χ3n) is 2.43. The number of hydrogen-bond donors (Lipinski definition) is 1. The molecule has 2 rings (SSSR count). The highest BCUT2D eigenvalue weighted by Gasteiger charge is 2.27. The molecule has 0 saturated carbocycles. The Bertz CT molecular complexity index is 398. The number of anilines is 1. The smallest absolute Gasteiger partial charge is 0.254 e. The van der Waals surface area contributed by atoms with Gasteiger partial charge in [0, 0.05) is 29.9 Å². The van der Waals surface area contributed by atoms with Crippen molar-refractivity contribution in [3.05, 3.63) is 42.0 Å². The molecule has 72 valence electrons. The Morgan fingerprint density at radius 2 is 2.36 bits per heavy atom. The third-order valence-corrected chi connectivity index (χ3v) is 2.43. The predicted molar refractivity (Wildman–Crippen MR) is 55.8 cm³/mol. The number of carbonyl (C=O) groups is 1. The van der Waals surface area contributed by atoms with Crippen molar-refractivity contribution in [2.75, 3.05) is 12.3 Å². The predicted octanol–water partition coefficient (Wildman–Crippen LogP) is 1.41. The molecule has 1 aliphatic heterocycles. The van der Waals surface area contributed by atoms with Gasteiger partial charge < -0.3 is 10.6 Å². The number of hydrogen-bond acceptors (Lipinski definition) is 2. The van der Waals surface area contributed by atoms with Crippen LogP contribution < -0.4 is 5.73 Å². The van der Waals surface area contributed by atoms with Crippen molar-refractivity contribution >= 4 is 11.6 Å². The van der Waals surface area contributed by atoms with E-state index in [1.807, 2.05) is 18.2 Å². The molecule has 3 nitrogen and oxygen atoms in total. The molecule has 0 bridgehead atoms. The van der Waals surface area contributed by atoms with Crippen molar-refractivity contribution in [1.29, 1.82) is 0 Å². The molecule has 0 aliphatic carbocycles. The average Bonchev–Trinajstić information content (AvgIpc) is 2.48. The van der Waals surface area contributed by atoms with Crippen LogP contribution in [0.25, 0.3) is 0 Å². The van der Waals surface area contributed by atoms with Crippen molar-refractivity contribution in [2.45, 2.75) is 6.54 Å². The maximum atomic E-state index is 11.8. The minimum Gasteiger partial charge on any atom is -0.398 e. The zero-order valence-electron chi connectivity index (χ0n) is 7.86. The van der Waals surface area contributed by atoms with Crippen LogP contribution in [-0.2, 0) is 6.54 Å². The average molecular weight is 188 g/mol. The highest BCUT2D eigenvalue weighted by molar-refractivity contribution is 5.99. The summed E-state index contributed by atoms with van der Waals surface area (Å²) in [5.41, 5.74) is 8.16. The van der Waals surface area contributed by atoms with Gasteiger partial charge in [-0.05, 0) is 12.1 Å². The van der Waals surface area contributed by atoms with E-state index in [9.17, 15) is 4.79 Å². The molecule has 0 aromatic heterocycles. The summed E-state index contributed by atoms with van der Waals surface area (Å²) in [6.45, 7) is 4.80. The summed E-state index contributed by atoms with van der Waals surface area (Å²) in [6, 6.07) is 5.45. The lowest BCUT2D eigenvalue weighted by Gasteiger charge is -2.11. The molecular weight excluding hydrogens is 176 g/mol. The van der Waals surface area contributed by atoms with E-state index in [-0.39, 0.29) is 5.91 Å². The van der Waals surface area contributed by atoms with Crippen molar-refractivity contribution < 1.29 is 4.79 Å². The summed E-state index contributed by atoms with van der Waals surface area (Å²) in [7, 11) is 0. The number of rotatable bonds is 2. The number of nitrogen functional groups attached to an aromatic ring is 1. The normalized spacial score (nSPS) is 14.3. The van der Waals surface area contributed by atoms with E-state index < -0.39 is 0 Å². The van der Waals surface area contributed by atoms with E-state index in [4.69, 9.17) is 5.73 Å². The lowest BCUT2D eigenvalue weighted by atomic mass is 10.1. The Labute approximate surface area is 82.8 Å². The summed E-state index contributed by atoms with van der Waals surface area (Å²) < 4.78 is 0. The first-order chi connectivity index (χ1) is 6.74. The van der Waals surface area contributed by atoms with Crippen LogP contribution in [0.1, 0.15) is 15.9 Å².